The molecule has 4 aliphatic heterocycles. The maximum Gasteiger partial charge on any atom is 0.252 e. The molecule has 6 heterocycles. The van der Waals surface area contributed by atoms with Crippen LogP contribution in [0.3, 0.4) is 0 Å². The number of hydrogen-bond donors (Lipinski definition) is 0. The molecule has 7 heteroatoms. The number of aromatic nitrogens is 1. The monoisotopic (exact) mass is 1380 g/mol. The molecule has 504 valence electrons. The molecule has 0 atom stereocenters. The molecule has 23 rings (SSSR count). The lowest BCUT2D eigenvalue weighted by atomic mass is 9.33. The lowest BCUT2D eigenvalue weighted by Crippen LogP contribution is -2.61. The van der Waals surface area contributed by atoms with Gasteiger partial charge in [0.25, 0.3) is 13.4 Å². The number of benzene rings is 17. The van der Waals surface area contributed by atoms with Crippen molar-refractivity contribution in [3.63, 3.8) is 0 Å². The Labute approximate surface area is 633 Å². The summed E-state index contributed by atoms with van der Waals surface area (Å²) in [5.41, 5.74) is 38.8. The van der Waals surface area contributed by atoms with Crippen LogP contribution in [0.1, 0.15) is 0 Å². The summed E-state index contributed by atoms with van der Waals surface area (Å²) in [6.45, 7) is -0.295. The highest BCUT2D eigenvalue weighted by Crippen LogP contribution is 2.55. The number of hydrogen-bond acceptors (Lipinski definition) is 4. The highest BCUT2D eigenvalue weighted by Gasteiger charge is 2.48. The fourth-order valence-corrected chi connectivity index (χ4v) is 19.1. The van der Waals surface area contributed by atoms with Gasteiger partial charge in [-0.15, -0.1) is 0 Å². The molecule has 2 aromatic heterocycles. The molecule has 17 aromatic carbocycles. The second kappa shape index (κ2) is 24.2. The Balaban J connectivity index is 0.796. The Kier molecular flexibility index (Phi) is 13.6. The molecule has 0 saturated heterocycles. The molecule has 5 nitrogen and oxygen atoms in total. The average molecular weight is 1380 g/mol. The normalized spacial score (nSPS) is 13.0. The minimum absolute atomic E-state index is 0.147. The van der Waals surface area contributed by atoms with Gasteiger partial charge in [-0.3, -0.25) is 0 Å². The van der Waals surface area contributed by atoms with E-state index in [-0.39, 0.29) is 13.4 Å². The molecular weight excluding hydrogens is 1320 g/mol. The lowest BCUT2D eigenvalue weighted by Gasteiger charge is -2.45. The van der Waals surface area contributed by atoms with E-state index in [4.69, 9.17) is 0 Å². The molecule has 0 fully saturated rings. The Morgan fingerprint density at radius 2 is 0.477 bits per heavy atom. The maximum atomic E-state index is 2.63. The summed E-state index contributed by atoms with van der Waals surface area (Å²) in [7, 11) is 0. The van der Waals surface area contributed by atoms with Gasteiger partial charge < -0.3 is 24.0 Å². The molecule has 0 unspecified atom stereocenters. The van der Waals surface area contributed by atoms with Crippen molar-refractivity contribution in [3.05, 3.63) is 394 Å². The van der Waals surface area contributed by atoms with E-state index in [0.29, 0.717) is 0 Å². The highest BCUT2D eigenvalue weighted by atomic mass is 15.2. The van der Waals surface area contributed by atoms with Crippen LogP contribution in [0.25, 0.3) is 105 Å². The second-order valence-corrected chi connectivity index (χ2v) is 29.3. The number of anilines is 12. The fourth-order valence-electron chi connectivity index (χ4n) is 19.1. The molecule has 19 aromatic rings. The first-order chi connectivity index (χ1) is 54.1. The van der Waals surface area contributed by atoms with Crippen LogP contribution in [-0.2, 0) is 0 Å². The van der Waals surface area contributed by atoms with Gasteiger partial charge in [-0.1, -0.05) is 322 Å². The first-order valence-corrected chi connectivity index (χ1v) is 37.9. The number of rotatable bonds is 10. The Morgan fingerprint density at radius 3 is 0.826 bits per heavy atom. The van der Waals surface area contributed by atoms with Crippen LogP contribution in [0, 0.1) is 0 Å². The first-order valence-electron chi connectivity index (χ1n) is 37.9. The van der Waals surface area contributed by atoms with Crippen LogP contribution in [0.5, 0.6) is 0 Å². The molecule has 0 saturated carbocycles. The van der Waals surface area contributed by atoms with E-state index in [1.807, 2.05) is 0 Å². The van der Waals surface area contributed by atoms with Crippen LogP contribution in [0.2, 0.25) is 0 Å². The van der Waals surface area contributed by atoms with E-state index in [1.165, 1.54) is 70.9 Å². The molecular formula is C102H65B2N5. The summed E-state index contributed by atoms with van der Waals surface area (Å²) in [4.78, 5) is 10.4. The van der Waals surface area contributed by atoms with Gasteiger partial charge >= 0.3 is 0 Å². The topological polar surface area (TPSA) is 17.4 Å². The Morgan fingerprint density at radius 1 is 0.183 bits per heavy atom. The van der Waals surface area contributed by atoms with E-state index in [2.05, 4.69) is 418 Å². The van der Waals surface area contributed by atoms with Crippen molar-refractivity contribution in [3.8, 4) is 66.8 Å². The minimum atomic E-state index is -0.147. The third-order valence-corrected chi connectivity index (χ3v) is 23.6. The Hall–Kier alpha value is -14.1. The van der Waals surface area contributed by atoms with Crippen LogP contribution < -0.4 is 52.4 Å². The van der Waals surface area contributed by atoms with E-state index >= 15 is 0 Å². The summed E-state index contributed by atoms with van der Waals surface area (Å²) < 4.78 is 2.63. The third kappa shape index (κ3) is 9.17. The SMILES string of the molecule is c1ccc(-c2cc3c4c(c2)N(c2c(-c5ccccc5)cccc2-c2ccccc2)c2ccccc2B4c2cc4c5cccc6c7cc8c(cc7n(c4cc2N3c2ccccc2)c56)N(c2ccccc2)c2cc(-c3ccccc3)cc3c2B8c2ccccc2N3c2c(-c3ccccc3)cccc2-c2ccccc2)cc1. The van der Waals surface area contributed by atoms with E-state index in [0.717, 1.165) is 135 Å². The van der Waals surface area contributed by atoms with Gasteiger partial charge in [-0.25, -0.2) is 0 Å². The minimum Gasteiger partial charge on any atom is -0.311 e. The largest absolute Gasteiger partial charge is 0.311 e. The number of nitrogens with zero attached hydrogens (tertiary/aromatic N) is 5. The zero-order valence-corrected chi connectivity index (χ0v) is 59.4. The van der Waals surface area contributed by atoms with Crippen molar-refractivity contribution in [2.75, 3.05) is 19.6 Å². The first kappa shape index (κ1) is 61.2. The predicted octanol–water partition coefficient (Wildman–Crippen LogP) is 23.0. The summed E-state index contributed by atoms with van der Waals surface area (Å²) >= 11 is 0. The molecule has 109 heavy (non-hydrogen) atoms. The maximum absolute atomic E-state index is 2.63. The summed E-state index contributed by atoms with van der Waals surface area (Å²) in [5, 5.41) is 4.93. The zero-order chi connectivity index (χ0) is 71.4. The summed E-state index contributed by atoms with van der Waals surface area (Å²) in [6, 6.07) is 148. The van der Waals surface area contributed by atoms with E-state index in [9.17, 15) is 0 Å². The van der Waals surface area contributed by atoms with Crippen molar-refractivity contribution in [1.29, 1.82) is 0 Å². The number of para-hydroxylation sites is 7. The fraction of sp³-hybridized carbons (Fsp3) is 0. The highest BCUT2D eigenvalue weighted by molar-refractivity contribution is 7.01. The smallest absolute Gasteiger partial charge is 0.252 e. The third-order valence-electron chi connectivity index (χ3n) is 23.6. The van der Waals surface area contributed by atoms with Crippen molar-refractivity contribution < 1.29 is 0 Å². The predicted molar refractivity (Wildman–Crippen MR) is 462 cm³/mol. The van der Waals surface area contributed by atoms with E-state index in [1.54, 1.807) is 0 Å². The Bertz CT molecular complexity index is 6330. The molecule has 0 radical (unpaired) electrons. The molecule has 0 amide bonds. The van der Waals surface area contributed by atoms with Crippen LogP contribution >= 0.6 is 0 Å². The van der Waals surface area contributed by atoms with Crippen molar-refractivity contribution in [1.82, 2.24) is 4.40 Å². The quantitative estimate of drug-likeness (QED) is 0.127. The average Bonchev–Trinajstić information content (AvgIpc) is 1.58. The van der Waals surface area contributed by atoms with Gasteiger partial charge in [-0.05, 0) is 150 Å². The van der Waals surface area contributed by atoms with Crippen LogP contribution in [0.4, 0.5) is 68.2 Å². The zero-order valence-electron chi connectivity index (χ0n) is 59.4. The van der Waals surface area contributed by atoms with E-state index < -0.39 is 0 Å². The standard InChI is InChI=1S/C102H65B2N5/c1-9-32-66(33-10-1)72-58-94-98-96(60-72)107(100-76(68-36-13-3-14-37-68)48-29-49-77(100)69-38-15-4-16-39-69)88-56-27-25-54-84(88)103(98)86-62-82-80-52-31-53-81-83-63-87-93(65-91(83)109(102(80)81)90(82)64-92(86)105(94)74-44-21-7-22-45-74)106(75-46-23-8-24-47-75)95-59-73(67-34-11-2-12-35-67)61-97-99(95)104(87)85-55-26-28-57-89(85)108(97)101-78(70-40-17-5-18-41-70)50-30-51-79(101)71-42-19-6-20-43-71/h1-65H. The van der Waals surface area contributed by atoms with Gasteiger partial charge in [0.05, 0.1) is 27.9 Å². The number of fused-ring (bicyclic) bond motifs is 14. The molecule has 0 N–H and O–H groups in total. The van der Waals surface area contributed by atoms with Gasteiger partial charge in [0.1, 0.15) is 0 Å². The molecule has 0 aliphatic carbocycles. The van der Waals surface area contributed by atoms with Gasteiger partial charge in [0.2, 0.25) is 0 Å². The van der Waals surface area contributed by atoms with Crippen molar-refractivity contribution in [2.24, 2.45) is 0 Å². The van der Waals surface area contributed by atoms with Crippen LogP contribution in [0.15, 0.2) is 394 Å². The van der Waals surface area contributed by atoms with Crippen LogP contribution in [-0.4, -0.2) is 17.8 Å². The molecule has 4 aliphatic rings. The van der Waals surface area contributed by atoms with Gasteiger partial charge in [0, 0.05) is 101 Å². The van der Waals surface area contributed by atoms with Gasteiger partial charge in [0.15, 0.2) is 0 Å². The molecule has 0 spiro atoms. The van der Waals surface area contributed by atoms with Crippen molar-refractivity contribution in [2.45, 2.75) is 0 Å². The lowest BCUT2D eigenvalue weighted by molar-refractivity contribution is 1.25. The second-order valence-electron chi connectivity index (χ2n) is 29.3. The summed E-state index contributed by atoms with van der Waals surface area (Å²) in [5.74, 6) is 0. The summed E-state index contributed by atoms with van der Waals surface area (Å²) in [6.07, 6.45) is 0. The molecule has 0 bridgehead atoms. The van der Waals surface area contributed by atoms with Crippen molar-refractivity contribution >= 4 is 153 Å². The van der Waals surface area contributed by atoms with Gasteiger partial charge in [-0.2, -0.15) is 0 Å².